The standard InChI is InChI=1S/C15H19N5O/c1-9(13(16)12-7-5-4-6-8-12)14(21)18-15-17-10(2)11(3)19-20-15/h4-9,13H,16H2,1-3H3,(H,17,18,20,21). The Balaban J connectivity index is 2.07. The number of anilines is 1. The largest absolute Gasteiger partial charge is 0.323 e. The fourth-order valence-corrected chi connectivity index (χ4v) is 1.86. The Hall–Kier alpha value is -2.34. The third-order valence-electron chi connectivity index (χ3n) is 3.46. The number of rotatable bonds is 4. The first-order chi connectivity index (χ1) is 9.99. The van der Waals surface area contributed by atoms with Crippen LogP contribution >= 0.6 is 0 Å². The number of amides is 1. The monoisotopic (exact) mass is 285 g/mol. The van der Waals surface area contributed by atoms with Crippen molar-refractivity contribution in [1.29, 1.82) is 0 Å². The lowest BCUT2D eigenvalue weighted by atomic mass is 9.95. The van der Waals surface area contributed by atoms with Gasteiger partial charge in [-0.3, -0.25) is 10.1 Å². The van der Waals surface area contributed by atoms with E-state index in [1.165, 1.54) is 0 Å². The molecule has 0 spiro atoms. The highest BCUT2D eigenvalue weighted by atomic mass is 16.2. The van der Waals surface area contributed by atoms with Gasteiger partial charge in [0.05, 0.1) is 17.3 Å². The summed E-state index contributed by atoms with van der Waals surface area (Å²) in [7, 11) is 0. The van der Waals surface area contributed by atoms with Gasteiger partial charge in [-0.15, -0.1) is 5.10 Å². The highest BCUT2D eigenvalue weighted by molar-refractivity contribution is 5.91. The molecule has 1 aromatic carbocycles. The van der Waals surface area contributed by atoms with Gasteiger partial charge < -0.3 is 5.73 Å². The van der Waals surface area contributed by atoms with Crippen molar-refractivity contribution in [3.8, 4) is 0 Å². The number of nitrogens with one attached hydrogen (secondary N) is 1. The first-order valence-electron chi connectivity index (χ1n) is 6.78. The third kappa shape index (κ3) is 3.61. The van der Waals surface area contributed by atoms with E-state index in [2.05, 4.69) is 20.5 Å². The molecule has 6 heteroatoms. The average molecular weight is 285 g/mol. The van der Waals surface area contributed by atoms with Gasteiger partial charge in [0, 0.05) is 6.04 Å². The second kappa shape index (κ2) is 6.41. The number of nitrogens with zero attached hydrogens (tertiary/aromatic N) is 3. The van der Waals surface area contributed by atoms with Crippen molar-refractivity contribution in [3.05, 3.63) is 47.3 Å². The summed E-state index contributed by atoms with van der Waals surface area (Å²) in [6, 6.07) is 9.14. The summed E-state index contributed by atoms with van der Waals surface area (Å²) >= 11 is 0. The van der Waals surface area contributed by atoms with Gasteiger partial charge in [-0.2, -0.15) is 5.10 Å². The fourth-order valence-electron chi connectivity index (χ4n) is 1.86. The summed E-state index contributed by atoms with van der Waals surface area (Å²) in [5, 5.41) is 10.5. The molecular weight excluding hydrogens is 266 g/mol. The highest BCUT2D eigenvalue weighted by Crippen LogP contribution is 2.20. The van der Waals surface area contributed by atoms with Gasteiger partial charge in [-0.1, -0.05) is 37.3 Å². The summed E-state index contributed by atoms with van der Waals surface area (Å²) < 4.78 is 0. The normalized spacial score (nSPS) is 13.5. The lowest BCUT2D eigenvalue weighted by molar-refractivity contribution is -0.120. The van der Waals surface area contributed by atoms with E-state index >= 15 is 0 Å². The first kappa shape index (κ1) is 15.1. The van der Waals surface area contributed by atoms with E-state index in [1.807, 2.05) is 44.2 Å². The van der Waals surface area contributed by atoms with Crippen LogP contribution in [-0.4, -0.2) is 21.1 Å². The van der Waals surface area contributed by atoms with Crippen LogP contribution in [0.15, 0.2) is 30.3 Å². The Labute approximate surface area is 123 Å². The van der Waals surface area contributed by atoms with Crippen molar-refractivity contribution in [3.63, 3.8) is 0 Å². The zero-order valence-electron chi connectivity index (χ0n) is 12.4. The average Bonchev–Trinajstić information content (AvgIpc) is 2.50. The smallest absolute Gasteiger partial charge is 0.249 e. The lowest BCUT2D eigenvalue weighted by Crippen LogP contribution is -2.31. The second-order valence-electron chi connectivity index (χ2n) is 5.02. The van der Waals surface area contributed by atoms with Gasteiger partial charge in [0.25, 0.3) is 0 Å². The van der Waals surface area contributed by atoms with Gasteiger partial charge in [0.1, 0.15) is 0 Å². The fraction of sp³-hybridized carbons (Fsp3) is 0.333. The van der Waals surface area contributed by atoms with Crippen LogP contribution in [0.5, 0.6) is 0 Å². The molecule has 1 heterocycles. The minimum atomic E-state index is -0.405. The molecule has 2 atom stereocenters. The predicted octanol–water partition coefficient (Wildman–Crippen LogP) is 1.76. The molecule has 0 aliphatic carbocycles. The summed E-state index contributed by atoms with van der Waals surface area (Å²) in [4.78, 5) is 16.4. The zero-order chi connectivity index (χ0) is 15.4. The molecule has 0 saturated carbocycles. The third-order valence-corrected chi connectivity index (χ3v) is 3.46. The lowest BCUT2D eigenvalue weighted by Gasteiger charge is -2.19. The molecule has 2 aromatic rings. The minimum absolute atomic E-state index is 0.204. The van der Waals surface area contributed by atoms with Gasteiger partial charge in [-0.25, -0.2) is 4.98 Å². The topological polar surface area (TPSA) is 93.8 Å². The van der Waals surface area contributed by atoms with E-state index in [4.69, 9.17) is 5.73 Å². The minimum Gasteiger partial charge on any atom is -0.323 e. The molecule has 0 aliphatic heterocycles. The van der Waals surface area contributed by atoms with Crippen molar-refractivity contribution >= 4 is 11.9 Å². The van der Waals surface area contributed by atoms with Crippen molar-refractivity contribution < 1.29 is 4.79 Å². The highest BCUT2D eigenvalue weighted by Gasteiger charge is 2.23. The quantitative estimate of drug-likeness (QED) is 0.892. The van der Waals surface area contributed by atoms with Crippen molar-refractivity contribution in [2.45, 2.75) is 26.8 Å². The van der Waals surface area contributed by atoms with Crippen LogP contribution in [-0.2, 0) is 4.79 Å². The maximum absolute atomic E-state index is 12.2. The summed E-state index contributed by atoms with van der Waals surface area (Å²) in [5.41, 5.74) is 8.52. The van der Waals surface area contributed by atoms with Crippen LogP contribution in [0.2, 0.25) is 0 Å². The van der Waals surface area contributed by atoms with Crippen molar-refractivity contribution in [2.75, 3.05) is 5.32 Å². The number of hydrogen-bond donors (Lipinski definition) is 2. The van der Waals surface area contributed by atoms with E-state index in [1.54, 1.807) is 6.92 Å². The van der Waals surface area contributed by atoms with Crippen LogP contribution in [0.3, 0.4) is 0 Å². The van der Waals surface area contributed by atoms with Gasteiger partial charge in [0.2, 0.25) is 11.9 Å². The number of aryl methyl sites for hydroxylation is 2. The molecule has 0 fully saturated rings. The van der Waals surface area contributed by atoms with Crippen LogP contribution in [0.4, 0.5) is 5.95 Å². The Morgan fingerprint density at radius 3 is 2.43 bits per heavy atom. The van der Waals surface area contributed by atoms with Crippen LogP contribution in [0.25, 0.3) is 0 Å². The molecule has 3 N–H and O–H groups in total. The van der Waals surface area contributed by atoms with Crippen molar-refractivity contribution in [1.82, 2.24) is 15.2 Å². The Kier molecular flexibility index (Phi) is 4.59. The molecule has 110 valence electrons. The van der Waals surface area contributed by atoms with E-state index < -0.39 is 5.92 Å². The number of carbonyl (C=O) groups is 1. The van der Waals surface area contributed by atoms with Gasteiger partial charge in [0.15, 0.2) is 0 Å². The first-order valence-corrected chi connectivity index (χ1v) is 6.78. The summed E-state index contributed by atoms with van der Waals surface area (Å²) in [6.07, 6.45) is 0. The van der Waals surface area contributed by atoms with Crippen LogP contribution in [0, 0.1) is 19.8 Å². The molecule has 0 bridgehead atoms. The summed E-state index contributed by atoms with van der Waals surface area (Å²) in [6.45, 7) is 5.41. The zero-order valence-corrected chi connectivity index (χ0v) is 12.4. The molecule has 0 radical (unpaired) electrons. The van der Waals surface area contributed by atoms with E-state index in [0.29, 0.717) is 0 Å². The van der Waals surface area contributed by atoms with Crippen LogP contribution < -0.4 is 11.1 Å². The molecule has 0 saturated heterocycles. The van der Waals surface area contributed by atoms with Crippen LogP contribution in [0.1, 0.15) is 29.9 Å². The molecule has 1 amide bonds. The summed E-state index contributed by atoms with van der Waals surface area (Å²) in [5.74, 6) is -0.427. The van der Waals surface area contributed by atoms with Gasteiger partial charge in [-0.05, 0) is 19.4 Å². The molecule has 1 aromatic heterocycles. The second-order valence-corrected chi connectivity index (χ2v) is 5.02. The Morgan fingerprint density at radius 2 is 1.81 bits per heavy atom. The molecule has 6 nitrogen and oxygen atoms in total. The number of carbonyl (C=O) groups excluding carboxylic acids is 1. The van der Waals surface area contributed by atoms with Gasteiger partial charge >= 0.3 is 0 Å². The van der Waals surface area contributed by atoms with E-state index in [0.717, 1.165) is 17.0 Å². The Bertz CT molecular complexity index is 629. The molecule has 21 heavy (non-hydrogen) atoms. The van der Waals surface area contributed by atoms with E-state index in [-0.39, 0.29) is 17.9 Å². The molecule has 2 rings (SSSR count). The SMILES string of the molecule is Cc1nnc(NC(=O)C(C)C(N)c2ccccc2)nc1C. The maximum Gasteiger partial charge on any atom is 0.249 e. The van der Waals surface area contributed by atoms with Crippen molar-refractivity contribution in [2.24, 2.45) is 11.7 Å². The number of hydrogen-bond acceptors (Lipinski definition) is 5. The number of benzene rings is 1. The number of nitrogens with two attached hydrogens (primary N) is 1. The Morgan fingerprint density at radius 1 is 1.14 bits per heavy atom. The molecule has 2 unspecified atom stereocenters. The molecule has 0 aliphatic rings. The molecular formula is C15H19N5O. The number of aromatic nitrogens is 3. The maximum atomic E-state index is 12.2. The predicted molar refractivity (Wildman–Crippen MR) is 80.5 cm³/mol. The van der Waals surface area contributed by atoms with E-state index in [9.17, 15) is 4.79 Å².